The van der Waals surface area contributed by atoms with Crippen molar-refractivity contribution in [1.82, 2.24) is 4.72 Å². The summed E-state index contributed by atoms with van der Waals surface area (Å²) in [4.78, 5) is -0.313. The molecule has 108 valence electrons. The van der Waals surface area contributed by atoms with Gasteiger partial charge < -0.3 is 4.74 Å². The van der Waals surface area contributed by atoms with E-state index in [2.05, 4.69) is 4.72 Å². The third-order valence-electron chi connectivity index (χ3n) is 3.28. The van der Waals surface area contributed by atoms with Crippen LogP contribution in [-0.4, -0.2) is 28.2 Å². The first-order chi connectivity index (χ1) is 9.54. The fraction of sp³-hybridized carbons (Fsp3) is 0.462. The van der Waals surface area contributed by atoms with E-state index in [0.717, 1.165) is 18.9 Å². The topological polar surface area (TPSA) is 79.2 Å². The number of nitrogens with zero attached hydrogens (tertiary/aromatic N) is 1. The maximum absolute atomic E-state index is 13.4. The summed E-state index contributed by atoms with van der Waals surface area (Å²) in [5, 5.41) is 8.88. The second-order valence-corrected chi connectivity index (χ2v) is 6.37. The quantitative estimate of drug-likeness (QED) is 0.911. The fourth-order valence-electron chi connectivity index (χ4n) is 2.09. The molecular weight excluding hydrogens is 283 g/mol. The molecule has 20 heavy (non-hydrogen) atoms. The predicted octanol–water partition coefficient (Wildman–Crippen LogP) is 1.40. The number of nitrogens with one attached hydrogen (secondary N) is 1. The zero-order valence-electron chi connectivity index (χ0n) is 10.8. The van der Waals surface area contributed by atoms with Crippen LogP contribution in [0.4, 0.5) is 4.39 Å². The molecule has 0 saturated carbocycles. The summed E-state index contributed by atoms with van der Waals surface area (Å²) in [6.45, 7) is 1.51. The van der Waals surface area contributed by atoms with E-state index in [1.54, 1.807) is 6.07 Å². The minimum absolute atomic E-state index is 0.206. The molecule has 0 aliphatic carbocycles. The zero-order valence-corrected chi connectivity index (χ0v) is 11.6. The van der Waals surface area contributed by atoms with Crippen LogP contribution in [0.2, 0.25) is 0 Å². The van der Waals surface area contributed by atoms with Crippen LogP contribution >= 0.6 is 0 Å². The van der Waals surface area contributed by atoms with Crippen LogP contribution < -0.4 is 4.72 Å². The number of ether oxygens (including phenoxy) is 1. The van der Waals surface area contributed by atoms with Crippen LogP contribution in [0, 0.1) is 23.1 Å². The minimum atomic E-state index is -3.88. The molecule has 0 radical (unpaired) electrons. The highest BCUT2D eigenvalue weighted by molar-refractivity contribution is 7.89. The monoisotopic (exact) mass is 298 g/mol. The first kappa shape index (κ1) is 14.9. The number of rotatable bonds is 4. The lowest BCUT2D eigenvalue weighted by Gasteiger charge is -2.22. The van der Waals surface area contributed by atoms with Gasteiger partial charge in [0.15, 0.2) is 0 Å². The van der Waals surface area contributed by atoms with Crippen LogP contribution in [0.25, 0.3) is 0 Å². The van der Waals surface area contributed by atoms with Gasteiger partial charge in [0, 0.05) is 19.8 Å². The molecule has 0 spiro atoms. The lowest BCUT2D eigenvalue weighted by atomic mass is 10.0. The van der Waals surface area contributed by atoms with Crippen LogP contribution in [-0.2, 0) is 14.8 Å². The average molecular weight is 298 g/mol. The van der Waals surface area contributed by atoms with Crippen molar-refractivity contribution < 1.29 is 17.5 Å². The van der Waals surface area contributed by atoms with Crippen molar-refractivity contribution in [3.8, 4) is 6.07 Å². The molecule has 7 heteroatoms. The molecule has 1 fully saturated rings. The van der Waals surface area contributed by atoms with Crippen LogP contribution in [0.15, 0.2) is 23.1 Å². The maximum atomic E-state index is 13.4. The molecule has 5 nitrogen and oxygen atoms in total. The van der Waals surface area contributed by atoms with Crippen molar-refractivity contribution in [2.45, 2.75) is 17.7 Å². The molecule has 0 amide bonds. The highest BCUT2D eigenvalue weighted by atomic mass is 32.2. The number of hydrogen-bond acceptors (Lipinski definition) is 4. The Labute approximate surface area is 117 Å². The SMILES string of the molecule is N#Cc1c(F)cccc1S(=O)(=O)NCC1CCOCC1. The highest BCUT2D eigenvalue weighted by Gasteiger charge is 2.23. The Hall–Kier alpha value is -1.49. The van der Waals surface area contributed by atoms with Gasteiger partial charge in [0.05, 0.1) is 0 Å². The van der Waals surface area contributed by atoms with E-state index in [4.69, 9.17) is 10.00 Å². The smallest absolute Gasteiger partial charge is 0.242 e. The molecule has 0 bridgehead atoms. The number of hydrogen-bond donors (Lipinski definition) is 1. The molecule has 0 aromatic heterocycles. The van der Waals surface area contributed by atoms with Gasteiger partial charge in [-0.15, -0.1) is 0 Å². The first-order valence-electron chi connectivity index (χ1n) is 6.30. The van der Waals surface area contributed by atoms with Crippen LogP contribution in [0.3, 0.4) is 0 Å². The number of sulfonamides is 1. The predicted molar refractivity (Wildman–Crippen MR) is 69.8 cm³/mol. The Bertz CT molecular complexity index is 619. The molecule has 0 unspecified atom stereocenters. The van der Waals surface area contributed by atoms with Crippen molar-refractivity contribution in [2.24, 2.45) is 5.92 Å². The second kappa shape index (κ2) is 6.31. The van der Waals surface area contributed by atoms with Gasteiger partial charge in [-0.25, -0.2) is 17.5 Å². The normalized spacial score (nSPS) is 16.8. The maximum Gasteiger partial charge on any atom is 0.242 e. The average Bonchev–Trinajstić information content (AvgIpc) is 2.46. The molecule has 1 saturated heterocycles. The molecule has 1 aromatic rings. The van der Waals surface area contributed by atoms with Gasteiger partial charge in [-0.1, -0.05) is 6.07 Å². The van der Waals surface area contributed by atoms with Crippen molar-refractivity contribution in [3.05, 3.63) is 29.6 Å². The van der Waals surface area contributed by atoms with Crippen LogP contribution in [0.5, 0.6) is 0 Å². The summed E-state index contributed by atoms with van der Waals surface area (Å²) in [6, 6.07) is 5.17. The van der Waals surface area contributed by atoms with Gasteiger partial charge in [0.1, 0.15) is 22.3 Å². The Kier molecular flexibility index (Phi) is 4.70. The third-order valence-corrected chi connectivity index (χ3v) is 4.75. The summed E-state index contributed by atoms with van der Waals surface area (Å²) in [7, 11) is -3.88. The van der Waals surface area contributed by atoms with Crippen LogP contribution in [0.1, 0.15) is 18.4 Å². The zero-order chi connectivity index (χ0) is 14.6. The molecular formula is C13H15FN2O3S. The van der Waals surface area contributed by atoms with Gasteiger partial charge in [-0.05, 0) is 30.9 Å². The second-order valence-electron chi connectivity index (χ2n) is 4.63. The molecule has 1 N–H and O–H groups in total. The van der Waals surface area contributed by atoms with E-state index >= 15 is 0 Å². The Morgan fingerprint density at radius 3 is 2.75 bits per heavy atom. The highest BCUT2D eigenvalue weighted by Crippen LogP contribution is 2.19. The molecule has 1 aliphatic rings. The molecule has 2 rings (SSSR count). The van der Waals surface area contributed by atoms with Gasteiger partial charge in [0.25, 0.3) is 0 Å². The van der Waals surface area contributed by atoms with Crippen molar-refractivity contribution in [3.63, 3.8) is 0 Å². The van der Waals surface area contributed by atoms with E-state index in [0.29, 0.717) is 13.2 Å². The summed E-state index contributed by atoms with van der Waals surface area (Å²) < 4.78 is 45.4. The van der Waals surface area contributed by atoms with E-state index in [-0.39, 0.29) is 17.4 Å². The largest absolute Gasteiger partial charge is 0.381 e. The van der Waals surface area contributed by atoms with E-state index in [9.17, 15) is 12.8 Å². The van der Waals surface area contributed by atoms with Crippen molar-refractivity contribution in [1.29, 1.82) is 5.26 Å². The number of benzene rings is 1. The summed E-state index contributed by atoms with van der Waals surface area (Å²) in [6.07, 6.45) is 1.58. The Balaban J connectivity index is 2.14. The van der Waals surface area contributed by atoms with E-state index in [1.807, 2.05) is 0 Å². The Morgan fingerprint density at radius 1 is 1.40 bits per heavy atom. The summed E-state index contributed by atoms with van der Waals surface area (Å²) in [5.74, 6) is -0.626. The van der Waals surface area contributed by atoms with Gasteiger partial charge in [0.2, 0.25) is 10.0 Å². The first-order valence-corrected chi connectivity index (χ1v) is 7.79. The summed E-state index contributed by atoms with van der Waals surface area (Å²) >= 11 is 0. The molecule has 0 atom stereocenters. The van der Waals surface area contributed by atoms with E-state index in [1.165, 1.54) is 12.1 Å². The van der Waals surface area contributed by atoms with Gasteiger partial charge >= 0.3 is 0 Å². The summed E-state index contributed by atoms with van der Waals surface area (Å²) in [5.41, 5.74) is -0.452. The van der Waals surface area contributed by atoms with Gasteiger partial charge in [-0.2, -0.15) is 5.26 Å². The fourth-order valence-corrected chi connectivity index (χ4v) is 3.37. The molecule has 1 heterocycles. The standard InChI is InChI=1S/C13H15FN2O3S/c14-12-2-1-3-13(11(12)8-15)20(17,18)16-9-10-4-6-19-7-5-10/h1-3,10,16H,4-7,9H2. The van der Waals surface area contributed by atoms with Gasteiger partial charge in [-0.3, -0.25) is 0 Å². The van der Waals surface area contributed by atoms with Crippen molar-refractivity contribution in [2.75, 3.05) is 19.8 Å². The third kappa shape index (κ3) is 3.33. The number of halogens is 1. The van der Waals surface area contributed by atoms with Crippen molar-refractivity contribution >= 4 is 10.0 Å². The lowest BCUT2D eigenvalue weighted by molar-refractivity contribution is 0.0678. The minimum Gasteiger partial charge on any atom is -0.381 e. The number of nitriles is 1. The van der Waals surface area contributed by atoms with E-state index < -0.39 is 21.4 Å². The molecule has 1 aromatic carbocycles. The lowest BCUT2D eigenvalue weighted by Crippen LogP contribution is -2.32. The Morgan fingerprint density at radius 2 is 2.10 bits per heavy atom. The molecule has 1 aliphatic heterocycles.